The summed E-state index contributed by atoms with van der Waals surface area (Å²) in [7, 11) is 0. The summed E-state index contributed by atoms with van der Waals surface area (Å²) in [5.74, 6) is 0. The van der Waals surface area contributed by atoms with Crippen molar-refractivity contribution in [3.8, 4) is 0 Å². The van der Waals surface area contributed by atoms with Gasteiger partial charge in [0.1, 0.15) is 0 Å². The molecule has 0 aliphatic heterocycles. The maximum atomic E-state index is 10.6. The standard InChI is InChI=1S/C16H27NO/c1-5-16(18,6-2)14(4)17(7-3)13-15-11-9-8-10-12-15/h8-12,14,18H,5-7,13H2,1-4H3. The van der Waals surface area contributed by atoms with Gasteiger partial charge in [-0.3, -0.25) is 4.90 Å². The highest BCUT2D eigenvalue weighted by atomic mass is 16.3. The van der Waals surface area contributed by atoms with Gasteiger partial charge in [-0.05, 0) is 31.9 Å². The van der Waals surface area contributed by atoms with Crippen molar-refractivity contribution in [2.75, 3.05) is 6.54 Å². The van der Waals surface area contributed by atoms with Gasteiger partial charge in [-0.15, -0.1) is 0 Å². The molecular weight excluding hydrogens is 222 g/mol. The number of hydrogen-bond acceptors (Lipinski definition) is 2. The molecule has 0 saturated heterocycles. The molecular formula is C16H27NO. The molecule has 0 amide bonds. The fourth-order valence-corrected chi connectivity index (χ4v) is 2.52. The van der Waals surface area contributed by atoms with Crippen LogP contribution in [0.15, 0.2) is 30.3 Å². The highest BCUT2D eigenvalue weighted by Crippen LogP contribution is 2.25. The van der Waals surface area contributed by atoms with E-state index in [1.165, 1.54) is 5.56 Å². The van der Waals surface area contributed by atoms with E-state index in [2.05, 4.69) is 56.9 Å². The van der Waals surface area contributed by atoms with Crippen LogP contribution in [0.4, 0.5) is 0 Å². The number of benzene rings is 1. The molecule has 1 unspecified atom stereocenters. The molecule has 1 rings (SSSR count). The van der Waals surface area contributed by atoms with Crippen LogP contribution in [0.5, 0.6) is 0 Å². The molecule has 1 atom stereocenters. The Labute approximate surface area is 112 Å². The molecule has 18 heavy (non-hydrogen) atoms. The van der Waals surface area contributed by atoms with Crippen molar-refractivity contribution in [3.05, 3.63) is 35.9 Å². The quantitative estimate of drug-likeness (QED) is 0.800. The Kier molecular flexibility index (Phi) is 5.83. The van der Waals surface area contributed by atoms with E-state index >= 15 is 0 Å². The van der Waals surface area contributed by atoms with Gasteiger partial charge in [0.15, 0.2) is 0 Å². The van der Waals surface area contributed by atoms with Gasteiger partial charge < -0.3 is 5.11 Å². The molecule has 0 aromatic heterocycles. The first-order chi connectivity index (χ1) is 8.57. The van der Waals surface area contributed by atoms with Gasteiger partial charge in [-0.2, -0.15) is 0 Å². The minimum Gasteiger partial charge on any atom is -0.388 e. The fraction of sp³-hybridized carbons (Fsp3) is 0.625. The molecule has 102 valence electrons. The van der Waals surface area contributed by atoms with Gasteiger partial charge in [-0.25, -0.2) is 0 Å². The molecule has 0 bridgehead atoms. The predicted octanol–water partition coefficient (Wildman–Crippen LogP) is 3.45. The van der Waals surface area contributed by atoms with Gasteiger partial charge >= 0.3 is 0 Å². The lowest BCUT2D eigenvalue weighted by Crippen LogP contribution is -2.50. The Morgan fingerprint density at radius 1 is 1.11 bits per heavy atom. The van der Waals surface area contributed by atoms with Crippen molar-refractivity contribution in [2.45, 2.75) is 58.7 Å². The molecule has 2 heteroatoms. The third kappa shape index (κ3) is 3.56. The third-order valence-electron chi connectivity index (χ3n) is 4.18. The van der Waals surface area contributed by atoms with Crippen LogP contribution in [0.25, 0.3) is 0 Å². The second kappa shape index (κ2) is 6.91. The maximum Gasteiger partial charge on any atom is 0.0794 e. The van der Waals surface area contributed by atoms with Gasteiger partial charge in [0.05, 0.1) is 5.60 Å². The van der Waals surface area contributed by atoms with E-state index < -0.39 is 5.60 Å². The highest BCUT2D eigenvalue weighted by molar-refractivity contribution is 5.14. The average molecular weight is 249 g/mol. The smallest absolute Gasteiger partial charge is 0.0794 e. The van der Waals surface area contributed by atoms with Crippen LogP contribution < -0.4 is 0 Å². The van der Waals surface area contributed by atoms with E-state index in [9.17, 15) is 5.11 Å². The summed E-state index contributed by atoms with van der Waals surface area (Å²) in [6.07, 6.45) is 1.60. The van der Waals surface area contributed by atoms with Crippen molar-refractivity contribution in [1.82, 2.24) is 4.90 Å². The van der Waals surface area contributed by atoms with E-state index in [-0.39, 0.29) is 6.04 Å². The number of likely N-dealkylation sites (N-methyl/N-ethyl adjacent to an activating group) is 1. The van der Waals surface area contributed by atoms with Crippen molar-refractivity contribution < 1.29 is 5.11 Å². The lowest BCUT2D eigenvalue weighted by atomic mass is 9.88. The summed E-state index contributed by atoms with van der Waals surface area (Å²) in [6.45, 7) is 10.3. The highest BCUT2D eigenvalue weighted by Gasteiger charge is 2.33. The van der Waals surface area contributed by atoms with Gasteiger partial charge in [0.2, 0.25) is 0 Å². The van der Waals surface area contributed by atoms with Crippen LogP contribution in [0.2, 0.25) is 0 Å². The fourth-order valence-electron chi connectivity index (χ4n) is 2.52. The molecule has 0 heterocycles. The van der Waals surface area contributed by atoms with Crippen LogP contribution >= 0.6 is 0 Å². The van der Waals surface area contributed by atoms with Crippen molar-refractivity contribution in [3.63, 3.8) is 0 Å². The van der Waals surface area contributed by atoms with Crippen LogP contribution in [-0.2, 0) is 6.54 Å². The SMILES string of the molecule is CCN(Cc1ccccc1)C(C)C(O)(CC)CC. The lowest BCUT2D eigenvalue weighted by molar-refractivity contribution is -0.0480. The summed E-state index contributed by atoms with van der Waals surface area (Å²) >= 11 is 0. The van der Waals surface area contributed by atoms with E-state index in [0.29, 0.717) is 0 Å². The first kappa shape index (κ1) is 15.2. The predicted molar refractivity (Wildman–Crippen MR) is 77.5 cm³/mol. The molecule has 0 aliphatic carbocycles. The Hall–Kier alpha value is -0.860. The molecule has 2 nitrogen and oxygen atoms in total. The third-order valence-corrected chi connectivity index (χ3v) is 4.18. The number of hydrogen-bond donors (Lipinski definition) is 1. The minimum absolute atomic E-state index is 0.178. The zero-order valence-corrected chi connectivity index (χ0v) is 12.2. The first-order valence-electron chi connectivity index (χ1n) is 7.07. The van der Waals surface area contributed by atoms with Crippen molar-refractivity contribution >= 4 is 0 Å². The van der Waals surface area contributed by atoms with Crippen LogP contribution in [-0.4, -0.2) is 28.2 Å². The summed E-state index contributed by atoms with van der Waals surface area (Å²) in [6, 6.07) is 10.6. The molecule has 1 aromatic rings. The largest absolute Gasteiger partial charge is 0.388 e. The van der Waals surface area contributed by atoms with Gasteiger partial charge in [0.25, 0.3) is 0 Å². The summed E-state index contributed by atoms with van der Waals surface area (Å²) in [5.41, 5.74) is 0.728. The second-order valence-corrected chi connectivity index (χ2v) is 5.04. The molecule has 1 aromatic carbocycles. The van der Waals surface area contributed by atoms with Crippen LogP contribution in [0.3, 0.4) is 0 Å². The summed E-state index contributed by atoms with van der Waals surface area (Å²) in [5, 5.41) is 10.6. The summed E-state index contributed by atoms with van der Waals surface area (Å²) < 4.78 is 0. The molecule has 0 spiro atoms. The normalized spacial score (nSPS) is 13.9. The van der Waals surface area contributed by atoms with Crippen LogP contribution in [0.1, 0.15) is 46.1 Å². The lowest BCUT2D eigenvalue weighted by Gasteiger charge is -2.40. The van der Waals surface area contributed by atoms with Crippen LogP contribution in [0, 0.1) is 0 Å². The monoisotopic (exact) mass is 249 g/mol. The first-order valence-corrected chi connectivity index (χ1v) is 7.07. The Morgan fingerprint density at radius 2 is 1.67 bits per heavy atom. The molecule has 0 aliphatic rings. The molecule has 0 saturated carbocycles. The topological polar surface area (TPSA) is 23.5 Å². The maximum absolute atomic E-state index is 10.6. The second-order valence-electron chi connectivity index (χ2n) is 5.04. The minimum atomic E-state index is -0.579. The Morgan fingerprint density at radius 3 is 2.11 bits per heavy atom. The van der Waals surface area contributed by atoms with Crippen molar-refractivity contribution in [1.29, 1.82) is 0 Å². The molecule has 0 fully saturated rings. The van der Waals surface area contributed by atoms with E-state index in [0.717, 1.165) is 25.9 Å². The summed E-state index contributed by atoms with van der Waals surface area (Å²) in [4.78, 5) is 2.35. The Bertz CT molecular complexity index is 332. The van der Waals surface area contributed by atoms with Gasteiger partial charge in [-0.1, -0.05) is 51.1 Å². The molecule has 1 N–H and O–H groups in total. The number of rotatable bonds is 7. The van der Waals surface area contributed by atoms with Crippen molar-refractivity contribution in [2.24, 2.45) is 0 Å². The zero-order valence-electron chi connectivity index (χ0n) is 12.2. The van der Waals surface area contributed by atoms with Gasteiger partial charge in [0, 0.05) is 12.6 Å². The van der Waals surface area contributed by atoms with E-state index in [4.69, 9.17) is 0 Å². The Balaban J connectivity index is 2.77. The number of nitrogens with zero attached hydrogens (tertiary/aromatic N) is 1. The average Bonchev–Trinajstić information content (AvgIpc) is 2.44. The zero-order chi connectivity index (χ0) is 13.6. The number of aliphatic hydroxyl groups is 1. The van der Waals surface area contributed by atoms with E-state index in [1.807, 2.05) is 6.07 Å². The van der Waals surface area contributed by atoms with E-state index in [1.54, 1.807) is 0 Å². The molecule has 0 radical (unpaired) electrons.